The lowest BCUT2D eigenvalue weighted by atomic mass is 10.1. The van der Waals surface area contributed by atoms with Gasteiger partial charge in [0.25, 0.3) is 6.43 Å². The van der Waals surface area contributed by atoms with Crippen LogP contribution in [0.1, 0.15) is 28.0 Å². The molecule has 0 amide bonds. The molecule has 0 aliphatic rings. The summed E-state index contributed by atoms with van der Waals surface area (Å²) in [6, 6.07) is 1.99. The van der Waals surface area contributed by atoms with Gasteiger partial charge in [-0.15, -0.1) is 0 Å². The average molecular weight is 230 g/mol. The van der Waals surface area contributed by atoms with Gasteiger partial charge in [0.1, 0.15) is 6.07 Å². The summed E-state index contributed by atoms with van der Waals surface area (Å²) in [5, 5.41) is 8.54. The first kappa shape index (κ1) is 12.0. The summed E-state index contributed by atoms with van der Waals surface area (Å²) >= 11 is 0. The van der Waals surface area contributed by atoms with Crippen LogP contribution in [0, 0.1) is 17.3 Å². The van der Waals surface area contributed by atoms with E-state index in [-0.39, 0.29) is 0 Å². The molecule has 1 rings (SSSR count). The predicted molar refractivity (Wildman–Crippen MR) is 45.2 cm³/mol. The summed E-state index contributed by atoms with van der Waals surface area (Å²) in [5.74, 6) is -2.50. The SMILES string of the molecule is COC(=O)c1cc(C(F)F)c(F)nc1C#N. The van der Waals surface area contributed by atoms with Gasteiger partial charge in [-0.2, -0.15) is 9.65 Å². The van der Waals surface area contributed by atoms with Crippen LogP contribution in [0.3, 0.4) is 0 Å². The van der Waals surface area contributed by atoms with Gasteiger partial charge in [-0.25, -0.2) is 18.6 Å². The second-order valence-corrected chi connectivity index (χ2v) is 2.67. The molecule has 7 heteroatoms. The maximum Gasteiger partial charge on any atom is 0.340 e. The van der Waals surface area contributed by atoms with E-state index in [1.54, 1.807) is 0 Å². The summed E-state index contributed by atoms with van der Waals surface area (Å²) in [7, 11) is 1.01. The normalized spacial score (nSPS) is 10.0. The molecule has 0 aromatic carbocycles. The number of esters is 1. The van der Waals surface area contributed by atoms with Crippen molar-refractivity contribution in [2.75, 3.05) is 7.11 Å². The minimum Gasteiger partial charge on any atom is -0.465 e. The molecule has 0 aliphatic heterocycles. The number of halogens is 3. The Kier molecular flexibility index (Phi) is 3.45. The van der Waals surface area contributed by atoms with E-state index in [9.17, 15) is 18.0 Å². The van der Waals surface area contributed by atoms with E-state index in [0.29, 0.717) is 6.07 Å². The van der Waals surface area contributed by atoms with Crippen molar-refractivity contribution in [1.29, 1.82) is 5.26 Å². The molecule has 16 heavy (non-hydrogen) atoms. The van der Waals surface area contributed by atoms with Gasteiger partial charge in [-0.1, -0.05) is 0 Å². The quantitative estimate of drug-likeness (QED) is 0.574. The van der Waals surface area contributed by atoms with Crippen LogP contribution in [-0.4, -0.2) is 18.1 Å². The molecule has 0 radical (unpaired) electrons. The predicted octanol–water partition coefficient (Wildman–Crippen LogP) is 1.82. The third-order valence-electron chi connectivity index (χ3n) is 1.75. The van der Waals surface area contributed by atoms with Crippen molar-refractivity contribution in [3.8, 4) is 6.07 Å². The van der Waals surface area contributed by atoms with Gasteiger partial charge in [0.2, 0.25) is 5.95 Å². The lowest BCUT2D eigenvalue weighted by molar-refractivity contribution is 0.0599. The number of ether oxygens (including phenoxy) is 1. The van der Waals surface area contributed by atoms with E-state index < -0.39 is 35.2 Å². The maximum atomic E-state index is 12.9. The zero-order chi connectivity index (χ0) is 12.3. The number of hydrogen-bond acceptors (Lipinski definition) is 4. The molecule has 0 fully saturated rings. The lowest BCUT2D eigenvalue weighted by Gasteiger charge is -2.05. The number of carbonyl (C=O) groups is 1. The molecule has 1 heterocycles. The topological polar surface area (TPSA) is 63.0 Å². The number of pyridine rings is 1. The van der Waals surface area contributed by atoms with Crippen LogP contribution in [0.4, 0.5) is 13.2 Å². The minimum atomic E-state index is -3.12. The first-order valence-corrected chi connectivity index (χ1v) is 3.98. The molecular weight excluding hydrogens is 225 g/mol. The maximum absolute atomic E-state index is 12.9. The third kappa shape index (κ3) is 2.11. The number of methoxy groups -OCH3 is 1. The van der Waals surface area contributed by atoms with Gasteiger partial charge in [-0.05, 0) is 6.07 Å². The smallest absolute Gasteiger partial charge is 0.340 e. The molecule has 0 saturated carbocycles. The molecule has 0 saturated heterocycles. The van der Waals surface area contributed by atoms with Gasteiger partial charge in [0, 0.05) is 0 Å². The Hall–Kier alpha value is -2.10. The highest BCUT2D eigenvalue weighted by Gasteiger charge is 2.22. The Morgan fingerprint density at radius 2 is 2.25 bits per heavy atom. The number of nitrogens with zero attached hydrogens (tertiary/aromatic N) is 2. The number of aromatic nitrogens is 1. The van der Waals surface area contributed by atoms with Gasteiger partial charge in [-0.3, -0.25) is 0 Å². The molecule has 0 bridgehead atoms. The highest BCUT2D eigenvalue weighted by Crippen LogP contribution is 2.23. The van der Waals surface area contributed by atoms with Crippen LogP contribution in [0.15, 0.2) is 6.07 Å². The van der Waals surface area contributed by atoms with Crippen molar-refractivity contribution < 1.29 is 22.7 Å². The Bertz CT molecular complexity index is 469. The zero-order valence-electron chi connectivity index (χ0n) is 8.00. The number of hydrogen-bond donors (Lipinski definition) is 0. The third-order valence-corrected chi connectivity index (χ3v) is 1.75. The van der Waals surface area contributed by atoms with Crippen LogP contribution >= 0.6 is 0 Å². The molecule has 84 valence electrons. The van der Waals surface area contributed by atoms with Gasteiger partial charge in [0.05, 0.1) is 18.2 Å². The minimum absolute atomic E-state index is 0.485. The first-order valence-electron chi connectivity index (χ1n) is 3.98. The van der Waals surface area contributed by atoms with E-state index in [4.69, 9.17) is 5.26 Å². The Morgan fingerprint density at radius 1 is 1.62 bits per heavy atom. The van der Waals surface area contributed by atoms with Crippen molar-refractivity contribution in [3.63, 3.8) is 0 Å². The second kappa shape index (κ2) is 4.61. The summed E-state index contributed by atoms with van der Waals surface area (Å²) < 4.78 is 41.8. The largest absolute Gasteiger partial charge is 0.465 e. The van der Waals surface area contributed by atoms with E-state index in [2.05, 4.69) is 9.72 Å². The standard InChI is InChI=1S/C9H5F3N2O2/c1-16-9(15)4-2-5(7(10)11)8(12)14-6(4)3-13/h2,7H,1H3. The molecule has 0 unspecified atom stereocenters. The Labute approximate surface area is 88.3 Å². The van der Waals surface area contributed by atoms with E-state index >= 15 is 0 Å². The van der Waals surface area contributed by atoms with Crippen molar-refractivity contribution in [3.05, 3.63) is 28.8 Å². The average Bonchev–Trinajstić information content (AvgIpc) is 2.27. The lowest BCUT2D eigenvalue weighted by Crippen LogP contribution is -2.09. The van der Waals surface area contributed by atoms with E-state index in [1.165, 1.54) is 6.07 Å². The second-order valence-electron chi connectivity index (χ2n) is 2.67. The summed E-state index contributed by atoms with van der Waals surface area (Å²) in [6.07, 6.45) is -3.12. The Morgan fingerprint density at radius 3 is 2.69 bits per heavy atom. The van der Waals surface area contributed by atoms with Gasteiger partial charge >= 0.3 is 5.97 Å². The number of alkyl halides is 2. The van der Waals surface area contributed by atoms with Crippen LogP contribution in [0.2, 0.25) is 0 Å². The van der Waals surface area contributed by atoms with Crippen molar-refractivity contribution in [1.82, 2.24) is 4.98 Å². The highest BCUT2D eigenvalue weighted by molar-refractivity contribution is 5.91. The van der Waals surface area contributed by atoms with Crippen molar-refractivity contribution >= 4 is 5.97 Å². The Balaban J connectivity index is 3.42. The molecular formula is C9H5F3N2O2. The van der Waals surface area contributed by atoms with Gasteiger partial charge < -0.3 is 4.74 Å². The first-order chi connectivity index (χ1) is 7.51. The molecule has 0 atom stereocenters. The number of nitriles is 1. The molecule has 1 aromatic rings. The fourth-order valence-electron chi connectivity index (χ4n) is 1.01. The highest BCUT2D eigenvalue weighted by atomic mass is 19.3. The van der Waals surface area contributed by atoms with Crippen LogP contribution in [0.25, 0.3) is 0 Å². The van der Waals surface area contributed by atoms with Crippen molar-refractivity contribution in [2.45, 2.75) is 6.43 Å². The number of carbonyl (C=O) groups excluding carboxylic acids is 1. The monoisotopic (exact) mass is 230 g/mol. The molecule has 0 spiro atoms. The van der Waals surface area contributed by atoms with Crippen LogP contribution in [0.5, 0.6) is 0 Å². The molecule has 0 aliphatic carbocycles. The zero-order valence-corrected chi connectivity index (χ0v) is 8.00. The van der Waals surface area contributed by atoms with Gasteiger partial charge in [0.15, 0.2) is 5.69 Å². The van der Waals surface area contributed by atoms with E-state index in [0.717, 1.165) is 7.11 Å². The summed E-state index contributed by atoms with van der Waals surface area (Å²) in [4.78, 5) is 14.1. The van der Waals surface area contributed by atoms with E-state index in [1.807, 2.05) is 0 Å². The molecule has 1 aromatic heterocycles. The van der Waals surface area contributed by atoms with Crippen molar-refractivity contribution in [2.24, 2.45) is 0 Å². The fraction of sp³-hybridized carbons (Fsp3) is 0.222. The molecule has 0 N–H and O–H groups in total. The molecule has 4 nitrogen and oxygen atoms in total. The van der Waals surface area contributed by atoms with Crippen LogP contribution < -0.4 is 0 Å². The van der Waals surface area contributed by atoms with Crippen LogP contribution in [-0.2, 0) is 4.74 Å². The fourth-order valence-corrected chi connectivity index (χ4v) is 1.01. The number of rotatable bonds is 2. The summed E-state index contributed by atoms with van der Waals surface area (Å²) in [5.41, 5.74) is -2.12. The summed E-state index contributed by atoms with van der Waals surface area (Å²) in [6.45, 7) is 0.